The molecule has 398 valence electrons. The quantitative estimate of drug-likeness (QED) is 0.0343. The number of carbonyl (C=O) groups is 3. The summed E-state index contributed by atoms with van der Waals surface area (Å²) in [6.07, 6.45) is 55.3. The highest BCUT2D eigenvalue weighted by Gasteiger charge is 2.19. The second kappa shape index (κ2) is 52.2. The van der Waals surface area contributed by atoms with Crippen LogP contribution in [0.25, 0.3) is 0 Å². The van der Waals surface area contributed by atoms with E-state index in [1.165, 1.54) is 218 Å². The van der Waals surface area contributed by atoms with Crippen LogP contribution in [-0.4, -0.2) is 37.2 Å². The Morgan fingerprint density at radius 3 is 0.776 bits per heavy atom. The average molecular weight is 948 g/mol. The van der Waals surface area contributed by atoms with Gasteiger partial charge in [-0.2, -0.15) is 0 Å². The van der Waals surface area contributed by atoms with Crippen molar-refractivity contribution >= 4 is 17.9 Å². The molecule has 6 nitrogen and oxygen atoms in total. The predicted molar refractivity (Wildman–Crippen MR) is 289 cm³/mol. The number of unbranched alkanes of at least 4 members (excludes halogenated alkanes) is 36. The molecule has 1 unspecified atom stereocenters. The van der Waals surface area contributed by atoms with Gasteiger partial charge in [0.2, 0.25) is 0 Å². The second-order valence-corrected chi connectivity index (χ2v) is 22.2. The zero-order valence-electron chi connectivity index (χ0n) is 46.2. The van der Waals surface area contributed by atoms with Crippen LogP contribution in [0, 0.1) is 17.8 Å². The van der Waals surface area contributed by atoms with Gasteiger partial charge in [0, 0.05) is 19.3 Å². The topological polar surface area (TPSA) is 78.9 Å². The molecule has 0 aromatic carbocycles. The van der Waals surface area contributed by atoms with Crippen molar-refractivity contribution in [2.45, 2.75) is 343 Å². The highest BCUT2D eigenvalue weighted by Crippen LogP contribution is 2.19. The maximum Gasteiger partial charge on any atom is 0.306 e. The van der Waals surface area contributed by atoms with Crippen LogP contribution >= 0.6 is 0 Å². The molecule has 0 aliphatic rings. The van der Waals surface area contributed by atoms with E-state index in [4.69, 9.17) is 14.2 Å². The summed E-state index contributed by atoms with van der Waals surface area (Å²) < 4.78 is 16.9. The molecule has 0 spiro atoms. The lowest BCUT2D eigenvalue weighted by Gasteiger charge is -2.18. The summed E-state index contributed by atoms with van der Waals surface area (Å²) in [5.74, 6) is 1.70. The van der Waals surface area contributed by atoms with Crippen molar-refractivity contribution in [3.8, 4) is 0 Å². The molecule has 0 saturated carbocycles. The summed E-state index contributed by atoms with van der Waals surface area (Å²) in [5.41, 5.74) is 0. The lowest BCUT2D eigenvalue weighted by molar-refractivity contribution is -0.167. The molecule has 0 heterocycles. The summed E-state index contributed by atoms with van der Waals surface area (Å²) in [6.45, 7) is 13.8. The molecule has 0 N–H and O–H groups in total. The van der Waals surface area contributed by atoms with E-state index in [1.807, 2.05) is 0 Å². The van der Waals surface area contributed by atoms with Gasteiger partial charge in [0.1, 0.15) is 13.2 Å². The zero-order valence-corrected chi connectivity index (χ0v) is 46.2. The van der Waals surface area contributed by atoms with E-state index < -0.39 is 6.10 Å². The summed E-state index contributed by atoms with van der Waals surface area (Å²) >= 11 is 0. The lowest BCUT2D eigenvalue weighted by Crippen LogP contribution is -2.30. The second-order valence-electron chi connectivity index (χ2n) is 22.2. The first-order chi connectivity index (χ1) is 32.6. The Kier molecular flexibility index (Phi) is 51.0. The van der Waals surface area contributed by atoms with Gasteiger partial charge in [-0.15, -0.1) is 0 Å². The van der Waals surface area contributed by atoms with Crippen molar-refractivity contribution in [3.05, 3.63) is 0 Å². The minimum absolute atomic E-state index is 0.0638. The Hall–Kier alpha value is -1.59. The highest BCUT2D eigenvalue weighted by atomic mass is 16.6. The zero-order chi connectivity index (χ0) is 49.1. The van der Waals surface area contributed by atoms with Crippen molar-refractivity contribution in [2.75, 3.05) is 13.2 Å². The van der Waals surface area contributed by atoms with Gasteiger partial charge in [-0.25, -0.2) is 0 Å². The van der Waals surface area contributed by atoms with Crippen molar-refractivity contribution in [3.63, 3.8) is 0 Å². The Labute approximate surface area is 418 Å². The number of hydrogen-bond acceptors (Lipinski definition) is 6. The Morgan fingerprint density at radius 1 is 0.299 bits per heavy atom. The number of hydrogen-bond donors (Lipinski definition) is 0. The van der Waals surface area contributed by atoms with Gasteiger partial charge < -0.3 is 14.2 Å². The minimum atomic E-state index is -0.764. The summed E-state index contributed by atoms with van der Waals surface area (Å²) in [4.78, 5) is 38.1. The fraction of sp³-hybridized carbons (Fsp3) is 0.951. The molecule has 0 aromatic rings. The van der Waals surface area contributed by atoms with Gasteiger partial charge in [-0.1, -0.05) is 298 Å². The van der Waals surface area contributed by atoms with Crippen LogP contribution in [0.1, 0.15) is 337 Å². The van der Waals surface area contributed by atoms with Crippen LogP contribution in [0.3, 0.4) is 0 Å². The third-order valence-corrected chi connectivity index (χ3v) is 14.3. The van der Waals surface area contributed by atoms with Gasteiger partial charge in [0.15, 0.2) is 6.10 Å². The Morgan fingerprint density at radius 2 is 0.522 bits per heavy atom. The van der Waals surface area contributed by atoms with E-state index in [0.29, 0.717) is 19.3 Å². The van der Waals surface area contributed by atoms with Crippen LogP contribution in [0.2, 0.25) is 0 Å². The molecule has 67 heavy (non-hydrogen) atoms. The number of rotatable bonds is 54. The van der Waals surface area contributed by atoms with Crippen LogP contribution < -0.4 is 0 Å². The highest BCUT2D eigenvalue weighted by molar-refractivity contribution is 5.71. The maximum absolute atomic E-state index is 12.8. The van der Waals surface area contributed by atoms with Crippen molar-refractivity contribution in [2.24, 2.45) is 17.8 Å². The molecule has 0 aliphatic carbocycles. The van der Waals surface area contributed by atoms with Gasteiger partial charge >= 0.3 is 17.9 Å². The fourth-order valence-corrected chi connectivity index (χ4v) is 9.32. The monoisotopic (exact) mass is 947 g/mol. The SMILES string of the molecule is CCC(C)CCCCCCCCCCCCCCCCCCCCC(=O)OC[C@H](COC(=O)CCCCCCCCCCCCCCCC(C)C)OC(=O)CCCCCCCCCCC(C)C. The van der Waals surface area contributed by atoms with E-state index >= 15 is 0 Å². The average Bonchev–Trinajstić information content (AvgIpc) is 3.30. The third-order valence-electron chi connectivity index (χ3n) is 14.3. The first-order valence-electron chi connectivity index (χ1n) is 30.1. The molecule has 0 saturated heterocycles. The first-order valence-corrected chi connectivity index (χ1v) is 30.1. The standard InChI is InChI=1S/C61H118O6/c1-7-57(6)49-43-37-31-24-20-16-12-10-8-9-11-13-17-21-25-32-38-44-50-59(62)65-53-58(67-61(64)52-46-40-34-28-27-30-36-42-48-56(4)5)54-66-60(63)51-45-39-33-26-22-18-14-15-19-23-29-35-41-47-55(2)3/h55-58H,7-54H2,1-6H3/t57?,58-/m1/s1. The van der Waals surface area contributed by atoms with Gasteiger partial charge in [0.25, 0.3) is 0 Å². The van der Waals surface area contributed by atoms with Crippen molar-refractivity contribution < 1.29 is 28.6 Å². The summed E-state index contributed by atoms with van der Waals surface area (Å²) in [6, 6.07) is 0. The molecule has 0 aromatic heterocycles. The maximum atomic E-state index is 12.8. The van der Waals surface area contributed by atoms with Gasteiger partial charge in [0.05, 0.1) is 0 Å². The van der Waals surface area contributed by atoms with Gasteiger partial charge in [-0.05, 0) is 37.0 Å². The largest absolute Gasteiger partial charge is 0.462 e. The molecule has 6 heteroatoms. The summed E-state index contributed by atoms with van der Waals surface area (Å²) in [5, 5.41) is 0. The van der Waals surface area contributed by atoms with Crippen molar-refractivity contribution in [1.82, 2.24) is 0 Å². The molecule has 0 amide bonds. The Balaban J connectivity index is 4.20. The van der Waals surface area contributed by atoms with Crippen molar-refractivity contribution in [1.29, 1.82) is 0 Å². The van der Waals surface area contributed by atoms with Crippen LogP contribution in [-0.2, 0) is 28.6 Å². The van der Waals surface area contributed by atoms with E-state index in [1.54, 1.807) is 0 Å². The normalized spacial score (nSPS) is 12.5. The first kappa shape index (κ1) is 65.4. The molecule has 0 fully saturated rings. The number of ether oxygens (including phenoxy) is 3. The Bertz CT molecular complexity index is 1040. The molecule has 0 aliphatic heterocycles. The number of esters is 3. The third kappa shape index (κ3) is 53.6. The molecule has 0 rings (SSSR count). The molecular weight excluding hydrogens is 829 g/mol. The van der Waals surface area contributed by atoms with Crippen LogP contribution in [0.5, 0.6) is 0 Å². The van der Waals surface area contributed by atoms with Crippen LogP contribution in [0.15, 0.2) is 0 Å². The van der Waals surface area contributed by atoms with E-state index in [-0.39, 0.29) is 31.1 Å². The van der Waals surface area contributed by atoms with Crippen LogP contribution in [0.4, 0.5) is 0 Å². The molecular formula is C61H118O6. The predicted octanol–water partition coefficient (Wildman–Crippen LogP) is 19.9. The fourth-order valence-electron chi connectivity index (χ4n) is 9.32. The van der Waals surface area contributed by atoms with Gasteiger partial charge in [-0.3, -0.25) is 14.4 Å². The summed E-state index contributed by atoms with van der Waals surface area (Å²) in [7, 11) is 0. The lowest BCUT2D eigenvalue weighted by atomic mass is 9.99. The van der Waals surface area contributed by atoms with E-state index in [2.05, 4.69) is 41.5 Å². The van der Waals surface area contributed by atoms with E-state index in [0.717, 1.165) is 75.5 Å². The minimum Gasteiger partial charge on any atom is -0.462 e. The number of carbonyl (C=O) groups excluding carboxylic acids is 3. The smallest absolute Gasteiger partial charge is 0.306 e. The molecule has 0 radical (unpaired) electrons. The van der Waals surface area contributed by atoms with E-state index in [9.17, 15) is 14.4 Å². The molecule has 2 atom stereocenters. The molecule has 0 bridgehead atoms.